The third-order valence-corrected chi connectivity index (χ3v) is 15.5. The number of benzene rings is 3. The van der Waals surface area contributed by atoms with Gasteiger partial charge in [-0.15, -0.1) is 4.52 Å². The fraction of sp³-hybridized carbons (Fsp3) is 0.357. The zero-order valence-corrected chi connectivity index (χ0v) is 42.8. The minimum absolute atomic E-state index is 0.000498. The van der Waals surface area contributed by atoms with Crippen LogP contribution in [0.3, 0.4) is 0 Å². The standard InChI is InChI=1S/C42H51N10O17P3S/c1-5-50(6-2)24-10-12-26-30(18-24)65-31-19-25(51(7-3)8-4)11-13-27(31)33(26)23-9-14-29(28(17-23)40(54)55)49-41(73)44-15-16-45-42(56)67-36-35(53)32(20-64-71(60,61)69-72(62,63)68-70(57,58)59)66-39(36)52-22-48-34-37(43)46-21-47-38(34)52/h9-14,17-19,21-22,32,35-36,39,53,60-61H,5-8,15-16,20H2,1-4H3,(H7-,43,44,45,46,47,54,55,56,57,58,59,62,63,73)/p+1/t32-,35-,36-,39-/m1/s1. The SMILES string of the molecule is CCN(CC)c1ccc2c(-c3ccc(NC(=S)NCCNC(=O)O[C@@H]4[C@H](O)[C@@H](CO[P+](O)(O)O[P+]([O-])(O)O[P+]([O-])(O)O)O[C@H]4n4cnc5c([NH-])ncnc54)c(C(=O)O)c3)c3ccc(=[N+](CC)CC)cc-3oc2c1. The van der Waals surface area contributed by atoms with Crippen molar-refractivity contribution >= 4 is 93.2 Å². The number of aromatic nitrogens is 4. The van der Waals surface area contributed by atoms with Gasteiger partial charge in [0.05, 0.1) is 28.0 Å². The number of carbonyl (C=O) groups is 2. The second-order valence-corrected chi connectivity index (χ2v) is 20.8. The normalized spacial score (nSPS) is 17.9. The minimum atomic E-state index is -5.82. The van der Waals surface area contributed by atoms with Crippen LogP contribution in [0, 0.1) is 0 Å². The molecule has 0 spiro atoms. The number of phosphoric acid groups is 2. The van der Waals surface area contributed by atoms with Gasteiger partial charge in [0.25, 0.3) is 0 Å². The second-order valence-electron chi connectivity index (χ2n) is 15.9. The molecule has 11 N–H and O–H groups in total. The molecule has 1 unspecified atom stereocenters. The molecule has 2 aromatic carbocycles. The van der Waals surface area contributed by atoms with Crippen molar-refractivity contribution in [1.82, 2.24) is 34.7 Å². The van der Waals surface area contributed by atoms with E-state index in [1.54, 1.807) is 18.2 Å². The molecular weight excluding hydrogens is 1040 g/mol. The Hall–Kier alpha value is -5.48. The van der Waals surface area contributed by atoms with Crippen molar-refractivity contribution in [2.45, 2.75) is 52.2 Å². The molecule has 1 amide bonds. The molecule has 27 nitrogen and oxygen atoms in total. The maximum atomic E-state index is 13.2. The van der Waals surface area contributed by atoms with Crippen molar-refractivity contribution in [2.75, 3.05) is 56.1 Å². The summed E-state index contributed by atoms with van der Waals surface area (Å²) in [7, 11) is -16.9. The molecule has 1 aliphatic carbocycles. The van der Waals surface area contributed by atoms with Crippen molar-refractivity contribution in [3.63, 3.8) is 0 Å². The summed E-state index contributed by atoms with van der Waals surface area (Å²) in [5.74, 6) is -0.889. The third kappa shape index (κ3) is 13.1. The monoisotopic (exact) mass is 1090 g/mol. The summed E-state index contributed by atoms with van der Waals surface area (Å²) in [5.41, 5.74) is 11.9. The van der Waals surface area contributed by atoms with Gasteiger partial charge >= 0.3 is 36.6 Å². The average Bonchev–Trinajstić information content (AvgIpc) is 3.89. The Morgan fingerprint density at radius 2 is 1.67 bits per heavy atom. The van der Waals surface area contributed by atoms with Gasteiger partial charge in [0.15, 0.2) is 23.1 Å². The van der Waals surface area contributed by atoms with Crippen molar-refractivity contribution in [2.24, 2.45) is 0 Å². The fourth-order valence-electron chi connectivity index (χ4n) is 8.13. The van der Waals surface area contributed by atoms with Crippen LogP contribution in [0.4, 0.5) is 22.0 Å². The van der Waals surface area contributed by atoms with E-state index >= 15 is 0 Å². The number of imidazole rings is 1. The van der Waals surface area contributed by atoms with Crippen LogP contribution in [0.1, 0.15) is 44.3 Å². The topological polar surface area (TPSA) is 391 Å². The molecule has 2 aliphatic heterocycles. The molecule has 0 radical (unpaired) electrons. The van der Waals surface area contributed by atoms with E-state index in [1.807, 2.05) is 36.4 Å². The fourth-order valence-corrected chi connectivity index (χ4v) is 11.4. The van der Waals surface area contributed by atoms with Gasteiger partial charge < -0.3 is 65.5 Å². The Balaban J connectivity index is 1.03. The summed E-state index contributed by atoms with van der Waals surface area (Å²) in [6.07, 6.45) is -5.56. The van der Waals surface area contributed by atoms with Gasteiger partial charge in [0.1, 0.15) is 48.8 Å². The smallest absolute Gasteiger partial charge is 0.603 e. The van der Waals surface area contributed by atoms with Gasteiger partial charge in [-0.2, -0.15) is 24.5 Å². The molecule has 31 heteroatoms. The van der Waals surface area contributed by atoms with E-state index in [-0.39, 0.29) is 46.4 Å². The number of thiocarbonyl (C=S) groups is 1. The summed E-state index contributed by atoms with van der Waals surface area (Å²) < 4.78 is 33.6. The molecule has 1 saturated heterocycles. The number of hydrogen-bond acceptors (Lipinski definition) is 21. The number of carboxylic acid groups (broad SMARTS) is 1. The Morgan fingerprint density at radius 3 is 2.36 bits per heavy atom. The van der Waals surface area contributed by atoms with E-state index < -0.39 is 67.7 Å². The molecule has 1 fully saturated rings. The Kier molecular flexibility index (Phi) is 17.4. The first kappa shape index (κ1) is 55.3. The molecule has 2 aromatic heterocycles. The molecule has 392 valence electrons. The van der Waals surface area contributed by atoms with E-state index in [9.17, 15) is 44.3 Å². The number of aromatic carboxylic acids is 1. The number of fused-ring (bicyclic) bond motifs is 3. The van der Waals surface area contributed by atoms with E-state index in [2.05, 4.69) is 76.7 Å². The summed E-state index contributed by atoms with van der Waals surface area (Å²) in [6.45, 7) is 10.2. The van der Waals surface area contributed by atoms with Crippen LogP contribution in [-0.2, 0) is 22.6 Å². The number of carbonyl (C=O) groups excluding carboxylic acids is 1. The first-order valence-corrected chi connectivity index (χ1v) is 27.3. The maximum absolute atomic E-state index is 13.2. The highest BCUT2D eigenvalue weighted by Gasteiger charge is 2.60. The average molecular weight is 1090 g/mol. The quantitative estimate of drug-likeness (QED) is 0.0173. The highest BCUT2D eigenvalue weighted by atomic mass is 32.1. The predicted molar refractivity (Wildman–Crippen MR) is 267 cm³/mol. The number of nitrogens with zero attached hydrogens (tertiary/aromatic N) is 6. The van der Waals surface area contributed by atoms with Crippen LogP contribution in [0.2, 0.25) is 0 Å². The second kappa shape index (κ2) is 23.0. The maximum Gasteiger partial charge on any atom is 0.615 e. The molecule has 0 bridgehead atoms. The van der Waals surface area contributed by atoms with E-state index in [1.165, 1.54) is 4.57 Å². The van der Waals surface area contributed by atoms with Gasteiger partial charge in [-0.3, -0.25) is 4.57 Å². The lowest BCUT2D eigenvalue weighted by Gasteiger charge is -2.22. The van der Waals surface area contributed by atoms with Gasteiger partial charge in [-0.05, 0) is 81.6 Å². The molecule has 4 aromatic rings. The molecule has 73 heavy (non-hydrogen) atoms. The molecule has 5 atom stereocenters. The van der Waals surface area contributed by atoms with Crippen molar-refractivity contribution in [1.29, 1.82) is 0 Å². The Morgan fingerprint density at radius 1 is 0.945 bits per heavy atom. The lowest BCUT2D eigenvalue weighted by molar-refractivity contribution is -0.256. The van der Waals surface area contributed by atoms with Crippen LogP contribution < -0.4 is 40.6 Å². The van der Waals surface area contributed by atoms with Crippen LogP contribution >= 0.6 is 36.7 Å². The number of aliphatic hydroxyl groups is 1. The first-order chi connectivity index (χ1) is 34.5. The van der Waals surface area contributed by atoms with Crippen molar-refractivity contribution < 1.29 is 81.1 Å². The number of carboxylic acids is 1. The molecule has 3 aliphatic rings. The highest BCUT2D eigenvalue weighted by molar-refractivity contribution is 7.80. The number of alkyl carbamates (subject to hydrolysis) is 1. The van der Waals surface area contributed by atoms with Crippen molar-refractivity contribution in [3.8, 4) is 22.5 Å². The first-order valence-electron chi connectivity index (χ1n) is 22.3. The van der Waals surface area contributed by atoms with Crippen LogP contribution in [0.15, 0.2) is 71.7 Å². The van der Waals surface area contributed by atoms with Crippen LogP contribution in [0.5, 0.6) is 0 Å². The van der Waals surface area contributed by atoms with Gasteiger partial charge in [0, 0.05) is 71.2 Å². The third-order valence-electron chi connectivity index (χ3n) is 11.4. The van der Waals surface area contributed by atoms with E-state index in [0.29, 0.717) is 16.9 Å². The van der Waals surface area contributed by atoms with E-state index in [4.69, 9.17) is 46.2 Å². The minimum Gasteiger partial charge on any atom is -0.603 e. The number of rotatable bonds is 20. The number of hydrogen-bond donors (Lipinski definition) is 10. The molecular formula is C42H52N10O17P3S+. The lowest BCUT2D eigenvalue weighted by Crippen LogP contribution is -2.42. The Bertz CT molecular complexity index is 3020. The lowest BCUT2D eigenvalue weighted by atomic mass is 9.92. The van der Waals surface area contributed by atoms with Crippen LogP contribution in [-0.4, -0.2) is 136 Å². The highest BCUT2D eigenvalue weighted by Crippen LogP contribution is 2.72. The number of aliphatic hydroxyl groups excluding tert-OH is 1. The van der Waals surface area contributed by atoms with Crippen LogP contribution in [0.25, 0.3) is 50.3 Å². The zero-order valence-electron chi connectivity index (χ0n) is 39.3. The number of amides is 1. The van der Waals surface area contributed by atoms with Gasteiger partial charge in [0.2, 0.25) is 5.36 Å². The largest absolute Gasteiger partial charge is 0.615 e. The number of nitrogens with one attached hydrogen (secondary N) is 4. The summed E-state index contributed by atoms with van der Waals surface area (Å²) >= 11 is 5.49. The van der Waals surface area contributed by atoms with Gasteiger partial charge in [-0.1, -0.05) is 6.07 Å². The molecule has 7 rings (SSSR count). The number of ether oxygens (including phenoxy) is 2. The van der Waals surface area contributed by atoms with Gasteiger partial charge in [-0.25, -0.2) is 24.1 Å². The van der Waals surface area contributed by atoms with Crippen molar-refractivity contribution in [3.05, 3.63) is 83.9 Å². The summed E-state index contributed by atoms with van der Waals surface area (Å²) in [4.78, 5) is 110. The summed E-state index contributed by atoms with van der Waals surface area (Å²) in [5, 5.41) is 31.7. The zero-order chi connectivity index (χ0) is 53.0. The molecule has 4 heterocycles. The van der Waals surface area contributed by atoms with E-state index in [0.717, 1.165) is 66.4 Å². The number of anilines is 2. The summed E-state index contributed by atoms with van der Waals surface area (Å²) in [6, 6.07) is 16.9. The molecule has 0 saturated carbocycles. The Labute approximate surface area is 422 Å². The predicted octanol–water partition coefficient (Wildman–Crippen LogP) is 2.49.